The average molecular weight is 512 g/mol. The Labute approximate surface area is 207 Å². The fraction of sp³-hybridized carbons (Fsp3) is 0.391. The number of nitrogens with one attached hydrogen (secondary N) is 3. The number of H-pyrrole nitrogens is 1. The zero-order chi connectivity index (χ0) is 25.3. The fourth-order valence-electron chi connectivity index (χ4n) is 4.31. The van der Waals surface area contributed by atoms with E-state index < -0.39 is 9.84 Å². The number of sulfone groups is 1. The van der Waals surface area contributed by atoms with E-state index in [1.54, 1.807) is 17.0 Å². The maximum atomic E-state index is 13.1. The lowest BCUT2D eigenvalue weighted by atomic mass is 10.0. The molecule has 0 saturated carbocycles. The Morgan fingerprint density at radius 3 is 2.81 bits per heavy atom. The highest BCUT2D eigenvalue weighted by Gasteiger charge is 2.28. The van der Waals surface area contributed by atoms with Crippen LogP contribution in [0, 0.1) is 11.3 Å². The van der Waals surface area contributed by atoms with Gasteiger partial charge in [-0.3, -0.25) is 4.79 Å². The smallest absolute Gasteiger partial charge is 0.254 e. The third kappa shape index (κ3) is 4.77. The first kappa shape index (κ1) is 23.8. The summed E-state index contributed by atoms with van der Waals surface area (Å²) >= 11 is 0. The molecule has 1 saturated heterocycles. The highest BCUT2D eigenvalue weighted by molar-refractivity contribution is 7.90. The summed E-state index contributed by atoms with van der Waals surface area (Å²) in [5.74, 6) is 1.00. The summed E-state index contributed by atoms with van der Waals surface area (Å²) in [6.07, 6.45) is 3.29. The SMILES string of the molecule is CS(=O)(=O)CCNc1nc(Nc2ccc(C(=O)N3CCOCC3)c3c2OCC3)nc2[nH]cc(C#N)c12. The van der Waals surface area contributed by atoms with Crippen molar-refractivity contribution in [1.29, 1.82) is 5.26 Å². The predicted octanol–water partition coefficient (Wildman–Crippen LogP) is 1.44. The van der Waals surface area contributed by atoms with E-state index in [9.17, 15) is 18.5 Å². The maximum Gasteiger partial charge on any atom is 0.254 e. The molecule has 1 aromatic carbocycles. The van der Waals surface area contributed by atoms with Gasteiger partial charge in [0.2, 0.25) is 5.95 Å². The minimum atomic E-state index is -3.18. The third-order valence-corrected chi connectivity index (χ3v) is 7.00. The van der Waals surface area contributed by atoms with Crippen LogP contribution in [0.15, 0.2) is 18.3 Å². The summed E-state index contributed by atoms with van der Waals surface area (Å²) < 4.78 is 34.4. The highest BCUT2D eigenvalue weighted by atomic mass is 32.2. The van der Waals surface area contributed by atoms with E-state index in [1.165, 1.54) is 6.20 Å². The predicted molar refractivity (Wildman–Crippen MR) is 132 cm³/mol. The Kier molecular flexibility index (Phi) is 6.38. The number of nitriles is 1. The Morgan fingerprint density at radius 1 is 1.25 bits per heavy atom. The Balaban J connectivity index is 1.46. The second-order valence-electron chi connectivity index (χ2n) is 8.59. The second kappa shape index (κ2) is 9.63. The molecule has 5 rings (SSSR count). The normalized spacial score (nSPS) is 15.3. The molecule has 2 aromatic heterocycles. The van der Waals surface area contributed by atoms with Gasteiger partial charge in [0.25, 0.3) is 5.91 Å². The van der Waals surface area contributed by atoms with Crippen LogP contribution in [0.3, 0.4) is 0 Å². The number of benzene rings is 1. The molecular formula is C23H25N7O5S. The van der Waals surface area contributed by atoms with Gasteiger partial charge in [0.1, 0.15) is 33.1 Å². The molecule has 4 heterocycles. The minimum absolute atomic E-state index is 0.0444. The van der Waals surface area contributed by atoms with Crippen molar-refractivity contribution in [3.63, 3.8) is 0 Å². The number of morpholine rings is 1. The molecule has 0 bridgehead atoms. The van der Waals surface area contributed by atoms with E-state index in [0.29, 0.717) is 78.7 Å². The van der Waals surface area contributed by atoms with Gasteiger partial charge in [-0.1, -0.05) is 0 Å². The van der Waals surface area contributed by atoms with Crippen molar-refractivity contribution in [3.05, 3.63) is 35.0 Å². The standard InChI is InChI=1S/C23H25N7O5S/c1-36(32,33)11-5-25-20-18-14(12-24)13-26-21(18)29-23(28-20)27-17-3-2-16(15-4-8-35-19(15)17)22(31)30-6-9-34-10-7-30/h2-3,13H,4-11H2,1H3,(H3,25,26,27,28,29). The molecule has 36 heavy (non-hydrogen) atoms. The Hall–Kier alpha value is -3.89. The van der Waals surface area contributed by atoms with E-state index in [2.05, 4.69) is 31.7 Å². The molecule has 1 amide bonds. The van der Waals surface area contributed by atoms with Crippen LogP contribution in [-0.2, 0) is 21.0 Å². The van der Waals surface area contributed by atoms with Crippen molar-refractivity contribution in [2.45, 2.75) is 6.42 Å². The Bertz CT molecular complexity index is 1470. The molecule has 3 aromatic rings. The molecule has 2 aliphatic heterocycles. The molecule has 13 heteroatoms. The van der Waals surface area contributed by atoms with Crippen molar-refractivity contribution in [2.75, 3.05) is 62.1 Å². The molecule has 0 radical (unpaired) electrons. The summed E-state index contributed by atoms with van der Waals surface area (Å²) in [5, 5.41) is 16.1. The Morgan fingerprint density at radius 2 is 2.06 bits per heavy atom. The van der Waals surface area contributed by atoms with Gasteiger partial charge in [-0.15, -0.1) is 0 Å². The lowest BCUT2D eigenvalue weighted by Gasteiger charge is -2.27. The first-order valence-electron chi connectivity index (χ1n) is 11.5. The molecule has 3 N–H and O–H groups in total. The summed E-state index contributed by atoms with van der Waals surface area (Å²) in [4.78, 5) is 26.8. The number of aromatic amines is 1. The molecule has 0 aliphatic carbocycles. The fourth-order valence-corrected chi connectivity index (χ4v) is 4.78. The van der Waals surface area contributed by atoms with Gasteiger partial charge in [0, 0.05) is 49.6 Å². The number of ether oxygens (including phenoxy) is 2. The second-order valence-corrected chi connectivity index (χ2v) is 10.8. The van der Waals surface area contributed by atoms with E-state index in [0.717, 1.165) is 11.8 Å². The number of carbonyl (C=O) groups excluding carboxylic acids is 1. The number of hydrogen-bond donors (Lipinski definition) is 3. The van der Waals surface area contributed by atoms with Crippen molar-refractivity contribution in [2.24, 2.45) is 0 Å². The molecule has 0 atom stereocenters. The lowest BCUT2D eigenvalue weighted by molar-refractivity contribution is 0.0302. The highest BCUT2D eigenvalue weighted by Crippen LogP contribution is 2.38. The van der Waals surface area contributed by atoms with Crippen LogP contribution < -0.4 is 15.4 Å². The van der Waals surface area contributed by atoms with E-state index in [-0.39, 0.29) is 24.2 Å². The van der Waals surface area contributed by atoms with Crippen molar-refractivity contribution >= 4 is 44.2 Å². The molecule has 2 aliphatic rings. The summed E-state index contributed by atoms with van der Waals surface area (Å²) in [5.41, 5.74) is 2.80. The van der Waals surface area contributed by atoms with Gasteiger partial charge in [-0.25, -0.2) is 8.42 Å². The van der Waals surface area contributed by atoms with Gasteiger partial charge < -0.3 is 30.0 Å². The van der Waals surface area contributed by atoms with Gasteiger partial charge in [0.05, 0.1) is 42.2 Å². The number of amides is 1. The summed E-state index contributed by atoms with van der Waals surface area (Å²) in [6, 6.07) is 5.63. The minimum Gasteiger partial charge on any atom is -0.491 e. The summed E-state index contributed by atoms with van der Waals surface area (Å²) in [6.45, 7) is 2.74. The van der Waals surface area contributed by atoms with Crippen molar-refractivity contribution in [3.8, 4) is 11.8 Å². The van der Waals surface area contributed by atoms with Gasteiger partial charge >= 0.3 is 0 Å². The number of nitrogens with zero attached hydrogens (tertiary/aromatic N) is 4. The van der Waals surface area contributed by atoms with Crippen LogP contribution >= 0.6 is 0 Å². The van der Waals surface area contributed by atoms with Crippen LogP contribution in [0.1, 0.15) is 21.5 Å². The maximum absolute atomic E-state index is 13.1. The average Bonchev–Trinajstić information content (AvgIpc) is 3.51. The zero-order valence-electron chi connectivity index (χ0n) is 19.6. The molecular weight excluding hydrogens is 486 g/mol. The molecule has 0 spiro atoms. The van der Waals surface area contributed by atoms with Crippen LogP contribution in [0.2, 0.25) is 0 Å². The van der Waals surface area contributed by atoms with E-state index in [4.69, 9.17) is 9.47 Å². The van der Waals surface area contributed by atoms with Gasteiger partial charge in [-0.2, -0.15) is 15.2 Å². The molecule has 12 nitrogen and oxygen atoms in total. The first-order chi connectivity index (χ1) is 17.3. The zero-order valence-corrected chi connectivity index (χ0v) is 20.4. The number of rotatable bonds is 7. The van der Waals surface area contributed by atoms with Crippen LogP contribution in [0.5, 0.6) is 5.75 Å². The largest absolute Gasteiger partial charge is 0.491 e. The lowest BCUT2D eigenvalue weighted by Crippen LogP contribution is -2.41. The molecule has 1 fully saturated rings. The first-order valence-corrected chi connectivity index (χ1v) is 13.5. The number of fused-ring (bicyclic) bond motifs is 2. The van der Waals surface area contributed by atoms with E-state index in [1.807, 2.05) is 0 Å². The van der Waals surface area contributed by atoms with Crippen molar-refractivity contribution in [1.82, 2.24) is 19.9 Å². The topological polar surface area (TPSA) is 162 Å². The van der Waals surface area contributed by atoms with Crippen molar-refractivity contribution < 1.29 is 22.7 Å². The number of carbonyl (C=O) groups is 1. The quantitative estimate of drug-likeness (QED) is 0.423. The van der Waals surface area contributed by atoms with E-state index >= 15 is 0 Å². The van der Waals surface area contributed by atoms with Gasteiger partial charge in [-0.05, 0) is 12.1 Å². The third-order valence-electron chi connectivity index (χ3n) is 6.05. The van der Waals surface area contributed by atoms with Crippen LogP contribution in [-0.4, -0.2) is 85.6 Å². The number of aromatic nitrogens is 3. The monoisotopic (exact) mass is 511 g/mol. The molecule has 188 valence electrons. The number of anilines is 3. The summed E-state index contributed by atoms with van der Waals surface area (Å²) in [7, 11) is -3.18. The molecule has 0 unspecified atom stereocenters. The number of hydrogen-bond acceptors (Lipinski definition) is 10. The van der Waals surface area contributed by atoms with Crippen LogP contribution in [0.25, 0.3) is 11.0 Å². The van der Waals surface area contributed by atoms with Gasteiger partial charge in [0.15, 0.2) is 0 Å². The van der Waals surface area contributed by atoms with Crippen LogP contribution in [0.4, 0.5) is 17.5 Å².